The van der Waals surface area contributed by atoms with Crippen LogP contribution in [0.1, 0.15) is 30.1 Å². The van der Waals surface area contributed by atoms with Crippen molar-refractivity contribution in [3.05, 3.63) is 76.8 Å². The number of nitrogens with one attached hydrogen (secondary N) is 2. The SMILES string of the molecule is C=CC[C@]1(C(=O)NNCCF)N=C(c2ccc(OCCCO)cc2)O[C@H]1c1ccccc1Br. The Labute approximate surface area is 200 Å². The fraction of sp³-hybridized carbons (Fsp3) is 0.333. The molecule has 2 aromatic carbocycles. The van der Waals surface area contributed by atoms with E-state index in [0.717, 1.165) is 10.0 Å². The van der Waals surface area contributed by atoms with Crippen LogP contribution in [0.5, 0.6) is 5.75 Å². The van der Waals surface area contributed by atoms with Crippen molar-refractivity contribution in [1.29, 1.82) is 0 Å². The Balaban J connectivity index is 1.97. The van der Waals surface area contributed by atoms with E-state index >= 15 is 0 Å². The van der Waals surface area contributed by atoms with Crippen LogP contribution < -0.4 is 15.6 Å². The highest BCUT2D eigenvalue weighted by Crippen LogP contribution is 2.44. The minimum absolute atomic E-state index is 0.0230. The summed E-state index contributed by atoms with van der Waals surface area (Å²) in [7, 11) is 0. The van der Waals surface area contributed by atoms with Crippen LogP contribution in [0.25, 0.3) is 0 Å². The lowest BCUT2D eigenvalue weighted by molar-refractivity contribution is -0.129. The van der Waals surface area contributed by atoms with Gasteiger partial charge >= 0.3 is 0 Å². The molecule has 1 aliphatic heterocycles. The number of aliphatic imine (C=N–C) groups is 1. The van der Waals surface area contributed by atoms with E-state index in [1.54, 1.807) is 30.3 Å². The number of rotatable bonds is 12. The Kier molecular flexibility index (Phi) is 8.99. The molecule has 2 atom stereocenters. The van der Waals surface area contributed by atoms with E-state index in [4.69, 9.17) is 19.6 Å². The number of carbonyl (C=O) groups is 1. The number of hydrogen-bond acceptors (Lipinski definition) is 6. The van der Waals surface area contributed by atoms with Gasteiger partial charge in [-0.1, -0.05) is 40.2 Å². The van der Waals surface area contributed by atoms with Crippen molar-refractivity contribution >= 4 is 27.7 Å². The molecule has 1 aliphatic rings. The largest absolute Gasteiger partial charge is 0.494 e. The van der Waals surface area contributed by atoms with Gasteiger partial charge in [0.2, 0.25) is 5.90 Å². The maximum Gasteiger partial charge on any atom is 0.266 e. The molecule has 3 N–H and O–H groups in total. The number of carbonyl (C=O) groups excluding carboxylic acids is 1. The van der Waals surface area contributed by atoms with Crippen LogP contribution in [0, 0.1) is 0 Å². The van der Waals surface area contributed by atoms with Gasteiger partial charge < -0.3 is 14.6 Å². The molecule has 0 radical (unpaired) electrons. The molecule has 0 bridgehead atoms. The summed E-state index contributed by atoms with van der Waals surface area (Å²) in [6, 6.07) is 14.6. The average Bonchev–Trinajstić information content (AvgIpc) is 3.21. The van der Waals surface area contributed by atoms with Crippen LogP contribution in [0.3, 0.4) is 0 Å². The first-order valence-electron chi connectivity index (χ1n) is 10.6. The number of alkyl halides is 1. The van der Waals surface area contributed by atoms with E-state index in [0.29, 0.717) is 30.2 Å². The standard InChI is InChI=1S/C24H27BrFN3O4/c1-2-12-24(23(31)29-27-14-13-26)21(19-6-3-4-7-20(19)25)33-22(28-24)17-8-10-18(11-9-17)32-16-5-15-30/h2-4,6-11,21,27,30H,1,5,12-16H2,(H,29,31)/t21-,24-/m0/s1. The van der Waals surface area contributed by atoms with Gasteiger partial charge in [-0.2, -0.15) is 0 Å². The molecule has 0 unspecified atom stereocenters. The Morgan fingerprint density at radius 1 is 1.30 bits per heavy atom. The van der Waals surface area contributed by atoms with Gasteiger partial charge in [0.15, 0.2) is 11.6 Å². The third-order valence-electron chi connectivity index (χ3n) is 5.09. The number of aliphatic hydroxyl groups is 1. The second kappa shape index (κ2) is 11.9. The van der Waals surface area contributed by atoms with E-state index in [9.17, 15) is 9.18 Å². The lowest BCUT2D eigenvalue weighted by atomic mass is 9.84. The summed E-state index contributed by atoms with van der Waals surface area (Å²) in [6.07, 6.45) is 1.62. The summed E-state index contributed by atoms with van der Waals surface area (Å²) in [4.78, 5) is 18.1. The summed E-state index contributed by atoms with van der Waals surface area (Å²) in [5, 5.41) is 8.90. The molecule has 3 rings (SSSR count). The zero-order valence-corrected chi connectivity index (χ0v) is 19.7. The molecule has 1 amide bonds. The number of hydrazine groups is 1. The number of nitrogens with zero attached hydrogens (tertiary/aromatic N) is 1. The minimum atomic E-state index is -1.35. The number of halogens is 2. The molecule has 0 fully saturated rings. The number of amides is 1. The lowest BCUT2D eigenvalue weighted by Gasteiger charge is -2.30. The molecule has 9 heteroatoms. The highest BCUT2D eigenvalue weighted by molar-refractivity contribution is 9.10. The van der Waals surface area contributed by atoms with E-state index in [1.165, 1.54) is 0 Å². The van der Waals surface area contributed by atoms with Crippen LogP contribution in [0.4, 0.5) is 4.39 Å². The number of ether oxygens (including phenoxy) is 2. The fourth-order valence-corrected chi connectivity index (χ4v) is 3.99. The van der Waals surface area contributed by atoms with Crippen LogP contribution in [0.2, 0.25) is 0 Å². The van der Waals surface area contributed by atoms with Crippen LogP contribution in [-0.2, 0) is 9.53 Å². The zero-order chi connectivity index (χ0) is 23.7. The van der Waals surface area contributed by atoms with Crippen LogP contribution >= 0.6 is 15.9 Å². The van der Waals surface area contributed by atoms with Crippen molar-refractivity contribution < 1.29 is 23.8 Å². The predicted octanol–water partition coefficient (Wildman–Crippen LogP) is 3.63. The summed E-state index contributed by atoms with van der Waals surface area (Å²) < 4.78 is 25.2. The third-order valence-corrected chi connectivity index (χ3v) is 5.82. The molecular weight excluding hydrogens is 493 g/mol. The Morgan fingerprint density at radius 2 is 2.06 bits per heavy atom. The van der Waals surface area contributed by atoms with Crippen molar-refractivity contribution in [3.63, 3.8) is 0 Å². The number of aliphatic hydroxyl groups excluding tert-OH is 1. The van der Waals surface area contributed by atoms with E-state index in [-0.39, 0.29) is 19.6 Å². The quantitative estimate of drug-likeness (QED) is 0.226. The van der Waals surface area contributed by atoms with E-state index in [1.807, 2.05) is 24.3 Å². The number of benzene rings is 2. The lowest BCUT2D eigenvalue weighted by Crippen LogP contribution is -2.52. The molecule has 33 heavy (non-hydrogen) atoms. The molecule has 7 nitrogen and oxygen atoms in total. The highest BCUT2D eigenvalue weighted by Gasteiger charge is 2.53. The maximum atomic E-state index is 13.3. The van der Waals surface area contributed by atoms with Crippen molar-refractivity contribution in [3.8, 4) is 5.75 Å². The highest BCUT2D eigenvalue weighted by atomic mass is 79.9. The minimum Gasteiger partial charge on any atom is -0.494 e. The van der Waals surface area contributed by atoms with Crippen molar-refractivity contribution in [2.75, 3.05) is 26.4 Å². The van der Waals surface area contributed by atoms with Gasteiger partial charge in [0.1, 0.15) is 12.4 Å². The maximum absolute atomic E-state index is 13.3. The number of hydrogen-bond donors (Lipinski definition) is 3. The van der Waals surface area contributed by atoms with Crippen LogP contribution in [0.15, 0.2) is 70.7 Å². The second-order valence-corrected chi connectivity index (χ2v) is 8.23. The summed E-state index contributed by atoms with van der Waals surface area (Å²) in [5.41, 5.74) is 5.23. The van der Waals surface area contributed by atoms with Gasteiger partial charge in [-0.15, -0.1) is 6.58 Å². The van der Waals surface area contributed by atoms with Crippen molar-refractivity contribution in [1.82, 2.24) is 10.9 Å². The molecule has 2 aromatic rings. The molecule has 0 aromatic heterocycles. The first-order valence-corrected chi connectivity index (χ1v) is 11.4. The smallest absolute Gasteiger partial charge is 0.266 e. The molecule has 176 valence electrons. The Morgan fingerprint density at radius 3 is 2.73 bits per heavy atom. The monoisotopic (exact) mass is 519 g/mol. The average molecular weight is 520 g/mol. The molecule has 0 saturated carbocycles. The Bertz CT molecular complexity index is 986. The molecule has 0 saturated heterocycles. The van der Waals surface area contributed by atoms with E-state index < -0.39 is 24.2 Å². The third kappa shape index (κ3) is 5.79. The summed E-state index contributed by atoms with van der Waals surface area (Å²) in [6.45, 7) is 3.64. The van der Waals surface area contributed by atoms with Gasteiger partial charge in [-0.25, -0.2) is 14.8 Å². The molecule has 0 aliphatic carbocycles. The van der Waals surface area contributed by atoms with Crippen LogP contribution in [-0.4, -0.2) is 48.9 Å². The van der Waals surface area contributed by atoms with Crippen molar-refractivity contribution in [2.24, 2.45) is 4.99 Å². The first-order chi connectivity index (χ1) is 16.1. The van der Waals surface area contributed by atoms with Gasteiger partial charge in [0, 0.05) is 41.6 Å². The second-order valence-electron chi connectivity index (χ2n) is 7.37. The van der Waals surface area contributed by atoms with Gasteiger partial charge in [0.05, 0.1) is 6.61 Å². The van der Waals surface area contributed by atoms with Gasteiger partial charge in [-0.3, -0.25) is 10.2 Å². The van der Waals surface area contributed by atoms with Crippen molar-refractivity contribution in [2.45, 2.75) is 24.5 Å². The van der Waals surface area contributed by atoms with E-state index in [2.05, 4.69) is 33.4 Å². The molecule has 0 spiro atoms. The van der Waals surface area contributed by atoms with Gasteiger partial charge in [0.25, 0.3) is 5.91 Å². The van der Waals surface area contributed by atoms with Gasteiger partial charge in [-0.05, 0) is 30.3 Å². The summed E-state index contributed by atoms with van der Waals surface area (Å²) >= 11 is 3.55. The normalized spacial score (nSPS) is 19.5. The molecule has 1 heterocycles. The topological polar surface area (TPSA) is 92.2 Å². The summed E-state index contributed by atoms with van der Waals surface area (Å²) in [5.74, 6) is 0.509. The molecular formula is C24H27BrFN3O4. The predicted molar refractivity (Wildman–Crippen MR) is 128 cm³/mol. The fourth-order valence-electron chi connectivity index (χ4n) is 3.50. The zero-order valence-electron chi connectivity index (χ0n) is 18.1. The Hall–Kier alpha value is -2.75. The first kappa shape index (κ1) is 24.9.